The molecule has 1 aliphatic heterocycles. The molecule has 2 atom stereocenters. The number of benzene rings is 1. The topological polar surface area (TPSA) is 29.5 Å². The van der Waals surface area contributed by atoms with Crippen LogP contribution in [0.15, 0.2) is 36.4 Å². The third-order valence-corrected chi connectivity index (χ3v) is 4.36. The first-order valence-electron chi connectivity index (χ1n) is 7.34. The van der Waals surface area contributed by atoms with E-state index in [0.717, 1.165) is 31.7 Å². The molecule has 1 amide bonds. The maximum atomic E-state index is 12.2. The lowest BCUT2D eigenvalue weighted by atomic mass is 9.86. The van der Waals surface area contributed by atoms with Crippen LogP contribution in [0.3, 0.4) is 0 Å². The van der Waals surface area contributed by atoms with Crippen molar-refractivity contribution >= 4 is 5.91 Å². The highest BCUT2D eigenvalue weighted by molar-refractivity contribution is 5.78. The second kappa shape index (κ2) is 5.70. The van der Waals surface area contributed by atoms with Crippen LogP contribution in [0, 0.1) is 18.8 Å². The molecule has 0 radical (unpaired) electrons. The molecule has 3 rings (SSSR count). The summed E-state index contributed by atoms with van der Waals surface area (Å²) in [5.41, 5.74) is 1.19. The third-order valence-electron chi connectivity index (χ3n) is 4.36. The highest BCUT2D eigenvalue weighted by atomic mass is 16.5. The van der Waals surface area contributed by atoms with E-state index in [-0.39, 0.29) is 12.5 Å². The summed E-state index contributed by atoms with van der Waals surface area (Å²) < 4.78 is 5.58. The van der Waals surface area contributed by atoms with Crippen molar-refractivity contribution in [2.75, 3.05) is 19.7 Å². The number of likely N-dealkylation sites (tertiary alicyclic amines) is 1. The first-order valence-corrected chi connectivity index (χ1v) is 7.34. The average molecular weight is 271 g/mol. The maximum absolute atomic E-state index is 12.2. The summed E-state index contributed by atoms with van der Waals surface area (Å²) in [7, 11) is 0. The molecule has 1 heterocycles. The Morgan fingerprint density at radius 1 is 1.15 bits per heavy atom. The largest absolute Gasteiger partial charge is 0.484 e. The van der Waals surface area contributed by atoms with Crippen LogP contribution in [0.5, 0.6) is 5.75 Å². The number of aryl methyl sites for hydroxylation is 1. The van der Waals surface area contributed by atoms with Gasteiger partial charge in [0, 0.05) is 13.1 Å². The van der Waals surface area contributed by atoms with Crippen LogP contribution >= 0.6 is 0 Å². The number of hydrogen-bond acceptors (Lipinski definition) is 2. The van der Waals surface area contributed by atoms with Crippen molar-refractivity contribution in [3.8, 4) is 5.75 Å². The van der Waals surface area contributed by atoms with Crippen LogP contribution in [0.2, 0.25) is 0 Å². The summed E-state index contributed by atoms with van der Waals surface area (Å²) in [5.74, 6) is 2.19. The fourth-order valence-electron chi connectivity index (χ4n) is 3.09. The van der Waals surface area contributed by atoms with E-state index in [9.17, 15) is 4.79 Å². The molecule has 2 unspecified atom stereocenters. The van der Waals surface area contributed by atoms with E-state index < -0.39 is 0 Å². The molecule has 1 saturated heterocycles. The molecule has 0 aromatic heterocycles. The lowest BCUT2D eigenvalue weighted by Gasteiger charge is -2.17. The Morgan fingerprint density at radius 2 is 1.75 bits per heavy atom. The number of carbonyl (C=O) groups excluding carboxylic acids is 1. The van der Waals surface area contributed by atoms with Gasteiger partial charge in [0.05, 0.1) is 0 Å². The SMILES string of the molecule is Cc1ccc(OCC(=O)N2CC3CC=CCC3C2)cc1. The smallest absolute Gasteiger partial charge is 0.260 e. The van der Waals surface area contributed by atoms with Gasteiger partial charge in [-0.25, -0.2) is 0 Å². The minimum atomic E-state index is 0.111. The Morgan fingerprint density at radius 3 is 2.35 bits per heavy atom. The predicted molar refractivity (Wildman–Crippen MR) is 78.6 cm³/mol. The van der Waals surface area contributed by atoms with Crippen molar-refractivity contribution < 1.29 is 9.53 Å². The molecule has 0 spiro atoms. The third kappa shape index (κ3) is 2.87. The summed E-state index contributed by atoms with van der Waals surface area (Å²) >= 11 is 0. The zero-order chi connectivity index (χ0) is 13.9. The second-order valence-corrected chi connectivity index (χ2v) is 5.86. The summed E-state index contributed by atoms with van der Waals surface area (Å²) in [5, 5.41) is 0. The molecule has 3 nitrogen and oxygen atoms in total. The molecule has 1 aromatic rings. The van der Waals surface area contributed by atoms with Gasteiger partial charge in [-0.05, 0) is 43.7 Å². The monoisotopic (exact) mass is 271 g/mol. The average Bonchev–Trinajstić information content (AvgIpc) is 2.90. The zero-order valence-corrected chi connectivity index (χ0v) is 11.9. The summed E-state index contributed by atoms with van der Waals surface area (Å²) in [6, 6.07) is 7.82. The van der Waals surface area contributed by atoms with Gasteiger partial charge in [-0.15, -0.1) is 0 Å². The molecule has 0 bridgehead atoms. The van der Waals surface area contributed by atoms with Crippen LogP contribution in [-0.2, 0) is 4.79 Å². The van der Waals surface area contributed by atoms with Crippen LogP contribution in [0.4, 0.5) is 0 Å². The molecular formula is C17H21NO2. The lowest BCUT2D eigenvalue weighted by Crippen LogP contribution is -2.33. The van der Waals surface area contributed by atoms with Crippen molar-refractivity contribution in [1.82, 2.24) is 4.90 Å². The highest BCUT2D eigenvalue weighted by Gasteiger charge is 2.34. The Labute approximate surface area is 120 Å². The van der Waals surface area contributed by atoms with E-state index in [1.807, 2.05) is 36.1 Å². The number of fused-ring (bicyclic) bond motifs is 1. The molecule has 0 saturated carbocycles. The summed E-state index contributed by atoms with van der Waals surface area (Å²) in [6.07, 6.45) is 6.73. The molecule has 0 N–H and O–H groups in total. The number of allylic oxidation sites excluding steroid dienone is 2. The lowest BCUT2D eigenvalue weighted by molar-refractivity contribution is -0.132. The second-order valence-electron chi connectivity index (χ2n) is 5.86. The van der Waals surface area contributed by atoms with Crippen LogP contribution in [-0.4, -0.2) is 30.5 Å². The van der Waals surface area contributed by atoms with Gasteiger partial charge in [0.15, 0.2) is 6.61 Å². The molecule has 2 aliphatic rings. The van der Waals surface area contributed by atoms with Crippen LogP contribution < -0.4 is 4.74 Å². The van der Waals surface area contributed by atoms with Gasteiger partial charge in [-0.2, -0.15) is 0 Å². The molecule has 1 aromatic carbocycles. The van der Waals surface area contributed by atoms with E-state index in [4.69, 9.17) is 4.74 Å². The zero-order valence-electron chi connectivity index (χ0n) is 11.9. The van der Waals surface area contributed by atoms with E-state index in [2.05, 4.69) is 12.2 Å². The van der Waals surface area contributed by atoms with Crippen molar-refractivity contribution in [1.29, 1.82) is 0 Å². The Balaban J connectivity index is 1.51. The van der Waals surface area contributed by atoms with Gasteiger partial charge >= 0.3 is 0 Å². The van der Waals surface area contributed by atoms with Gasteiger partial charge in [-0.3, -0.25) is 4.79 Å². The number of carbonyl (C=O) groups is 1. The normalized spacial score (nSPS) is 24.6. The number of hydrogen-bond donors (Lipinski definition) is 0. The van der Waals surface area contributed by atoms with Crippen molar-refractivity contribution in [3.05, 3.63) is 42.0 Å². The molecule has 3 heteroatoms. The van der Waals surface area contributed by atoms with Crippen LogP contribution in [0.25, 0.3) is 0 Å². The molecule has 1 fully saturated rings. The fourth-order valence-corrected chi connectivity index (χ4v) is 3.09. The highest BCUT2D eigenvalue weighted by Crippen LogP contribution is 2.32. The minimum absolute atomic E-state index is 0.111. The maximum Gasteiger partial charge on any atom is 0.260 e. The minimum Gasteiger partial charge on any atom is -0.484 e. The summed E-state index contributed by atoms with van der Waals surface area (Å²) in [4.78, 5) is 14.2. The van der Waals surface area contributed by atoms with Gasteiger partial charge in [0.2, 0.25) is 0 Å². The van der Waals surface area contributed by atoms with E-state index in [1.165, 1.54) is 5.56 Å². The fraction of sp³-hybridized carbons (Fsp3) is 0.471. The van der Waals surface area contributed by atoms with Crippen molar-refractivity contribution in [2.24, 2.45) is 11.8 Å². The number of amides is 1. The molecule has 20 heavy (non-hydrogen) atoms. The summed E-state index contributed by atoms with van der Waals surface area (Å²) in [6.45, 7) is 3.97. The number of nitrogens with zero attached hydrogens (tertiary/aromatic N) is 1. The van der Waals surface area contributed by atoms with Crippen molar-refractivity contribution in [3.63, 3.8) is 0 Å². The van der Waals surface area contributed by atoms with Gasteiger partial charge in [-0.1, -0.05) is 29.8 Å². The first kappa shape index (κ1) is 13.2. The Kier molecular flexibility index (Phi) is 3.77. The number of ether oxygens (including phenoxy) is 1. The van der Waals surface area contributed by atoms with Crippen LogP contribution in [0.1, 0.15) is 18.4 Å². The quantitative estimate of drug-likeness (QED) is 0.791. The molecular weight excluding hydrogens is 250 g/mol. The van der Waals surface area contributed by atoms with Gasteiger partial charge in [0.1, 0.15) is 5.75 Å². The van der Waals surface area contributed by atoms with Gasteiger partial charge in [0.25, 0.3) is 5.91 Å². The van der Waals surface area contributed by atoms with E-state index in [0.29, 0.717) is 11.8 Å². The van der Waals surface area contributed by atoms with Crippen molar-refractivity contribution in [2.45, 2.75) is 19.8 Å². The predicted octanol–water partition coefficient (Wildman–Crippen LogP) is 2.80. The van der Waals surface area contributed by atoms with Gasteiger partial charge < -0.3 is 9.64 Å². The molecule has 106 valence electrons. The first-order chi connectivity index (χ1) is 9.72. The van der Waals surface area contributed by atoms with E-state index >= 15 is 0 Å². The molecule has 1 aliphatic carbocycles. The number of rotatable bonds is 3. The Bertz CT molecular complexity index is 490. The van der Waals surface area contributed by atoms with E-state index in [1.54, 1.807) is 0 Å². The Hall–Kier alpha value is -1.77. The standard InChI is InChI=1S/C17H21NO2/c1-13-6-8-16(9-7-13)20-12-17(19)18-10-14-4-2-3-5-15(14)11-18/h2-3,6-9,14-15H,4-5,10-12H2,1H3.